The lowest BCUT2D eigenvalue weighted by Crippen LogP contribution is -2.32. The van der Waals surface area contributed by atoms with E-state index in [2.05, 4.69) is 4.98 Å². The number of H-pyrrole nitrogens is 1. The van der Waals surface area contributed by atoms with Crippen LogP contribution in [-0.2, 0) is 16.0 Å². The third kappa shape index (κ3) is 5.29. The van der Waals surface area contributed by atoms with Crippen molar-refractivity contribution in [2.75, 3.05) is 0 Å². The Hall–Kier alpha value is -2.55. The molecule has 0 bridgehead atoms. The largest absolute Gasteiger partial charge is 0.490 e. The van der Waals surface area contributed by atoms with Crippen molar-refractivity contribution in [1.82, 2.24) is 4.98 Å². The number of nitrogens with one attached hydrogen (secondary N) is 1. The molecule has 2 aromatic rings. The first-order valence-electron chi connectivity index (χ1n) is 6.37. The Morgan fingerprint density at radius 3 is 2.35 bits per heavy atom. The molecule has 0 fully saturated rings. The molecule has 9 heteroatoms. The molecular formula is C14H15F3N2O4. The lowest BCUT2D eigenvalue weighted by Gasteiger charge is -2.05. The molecule has 0 saturated carbocycles. The molecule has 126 valence electrons. The van der Waals surface area contributed by atoms with Crippen molar-refractivity contribution >= 4 is 22.8 Å². The number of hydrogen-bond acceptors (Lipinski definition) is 3. The van der Waals surface area contributed by atoms with Crippen LogP contribution >= 0.6 is 0 Å². The number of aryl methyl sites for hydroxylation is 1. The normalized spacial score (nSPS) is 12.4. The van der Waals surface area contributed by atoms with Gasteiger partial charge in [-0.1, -0.05) is 11.6 Å². The molecule has 1 heterocycles. The number of rotatable bonds is 3. The number of carboxylic acid groups (broad SMARTS) is 2. The number of aliphatic carboxylic acids is 2. The molecule has 0 radical (unpaired) electrons. The quantitative estimate of drug-likeness (QED) is 0.686. The van der Waals surface area contributed by atoms with Crippen LogP contribution in [0.25, 0.3) is 10.9 Å². The smallest absolute Gasteiger partial charge is 0.480 e. The Bertz CT molecular complexity index is 710. The van der Waals surface area contributed by atoms with Gasteiger partial charge in [-0.3, -0.25) is 4.79 Å². The first-order valence-corrected chi connectivity index (χ1v) is 6.37. The van der Waals surface area contributed by atoms with Crippen LogP contribution in [0.15, 0.2) is 24.4 Å². The number of carbonyl (C=O) groups is 2. The zero-order valence-corrected chi connectivity index (χ0v) is 12.0. The summed E-state index contributed by atoms with van der Waals surface area (Å²) in [5.41, 5.74) is 8.64. The number of halogens is 3. The van der Waals surface area contributed by atoms with E-state index in [1.54, 1.807) is 0 Å². The number of alkyl halides is 3. The van der Waals surface area contributed by atoms with Gasteiger partial charge in [0.15, 0.2) is 0 Å². The van der Waals surface area contributed by atoms with Crippen LogP contribution in [0.4, 0.5) is 13.2 Å². The maximum atomic E-state index is 10.7. The van der Waals surface area contributed by atoms with E-state index in [9.17, 15) is 18.0 Å². The molecular weight excluding hydrogens is 317 g/mol. The SMILES string of the molecule is Cc1ccc2[nH]cc(C[C@H](N)C(=O)O)c2c1.O=C(O)C(F)(F)F. The number of fused-ring (bicyclic) bond motifs is 1. The monoisotopic (exact) mass is 332 g/mol. The molecule has 1 atom stereocenters. The predicted octanol–water partition coefficient (Wildman–Crippen LogP) is 2.06. The molecule has 23 heavy (non-hydrogen) atoms. The van der Waals surface area contributed by atoms with Crippen molar-refractivity contribution in [3.8, 4) is 0 Å². The first kappa shape index (κ1) is 18.5. The van der Waals surface area contributed by atoms with Crippen molar-refractivity contribution in [3.63, 3.8) is 0 Å². The first-order chi connectivity index (χ1) is 10.5. The second-order valence-corrected chi connectivity index (χ2v) is 4.81. The van der Waals surface area contributed by atoms with Crippen molar-refractivity contribution in [2.24, 2.45) is 5.73 Å². The van der Waals surface area contributed by atoms with Gasteiger partial charge in [0.05, 0.1) is 0 Å². The Balaban J connectivity index is 0.000000322. The molecule has 0 aliphatic carbocycles. The van der Waals surface area contributed by atoms with Gasteiger partial charge >= 0.3 is 18.1 Å². The summed E-state index contributed by atoms with van der Waals surface area (Å²) in [6.45, 7) is 2.01. The second-order valence-electron chi connectivity index (χ2n) is 4.81. The molecule has 1 aromatic heterocycles. The molecule has 0 aliphatic rings. The van der Waals surface area contributed by atoms with Crippen molar-refractivity contribution in [2.45, 2.75) is 25.6 Å². The van der Waals surface area contributed by atoms with Crippen LogP contribution in [0.3, 0.4) is 0 Å². The van der Waals surface area contributed by atoms with E-state index in [0.717, 1.165) is 22.0 Å². The molecule has 0 unspecified atom stereocenters. The third-order valence-electron chi connectivity index (χ3n) is 2.92. The predicted molar refractivity (Wildman–Crippen MR) is 76.0 cm³/mol. The minimum atomic E-state index is -5.08. The van der Waals surface area contributed by atoms with Crippen molar-refractivity contribution in [1.29, 1.82) is 0 Å². The van der Waals surface area contributed by atoms with Crippen LogP contribution in [0.2, 0.25) is 0 Å². The Morgan fingerprint density at radius 1 is 1.30 bits per heavy atom. The highest BCUT2D eigenvalue weighted by atomic mass is 19.4. The molecule has 2 rings (SSSR count). The van der Waals surface area contributed by atoms with E-state index in [1.165, 1.54) is 0 Å². The topological polar surface area (TPSA) is 116 Å². The maximum absolute atomic E-state index is 10.7. The Morgan fingerprint density at radius 2 is 1.87 bits per heavy atom. The van der Waals surface area contributed by atoms with Crippen molar-refractivity contribution < 1.29 is 33.0 Å². The van der Waals surface area contributed by atoms with Gasteiger partial charge in [-0.25, -0.2) is 4.79 Å². The van der Waals surface area contributed by atoms with E-state index in [-0.39, 0.29) is 0 Å². The minimum absolute atomic E-state index is 0.346. The van der Waals surface area contributed by atoms with E-state index >= 15 is 0 Å². The second kappa shape index (κ2) is 7.14. The number of nitrogens with two attached hydrogens (primary N) is 1. The Labute approximate surface area is 128 Å². The summed E-state index contributed by atoms with van der Waals surface area (Å²) in [6.07, 6.45) is -2.91. The zero-order valence-electron chi connectivity index (χ0n) is 12.0. The van der Waals surface area contributed by atoms with Gasteiger partial charge in [0.25, 0.3) is 0 Å². The van der Waals surface area contributed by atoms with Gasteiger partial charge in [-0.05, 0) is 24.6 Å². The number of aromatic amines is 1. The van der Waals surface area contributed by atoms with E-state index in [0.29, 0.717) is 6.42 Å². The van der Waals surface area contributed by atoms with Crippen LogP contribution in [0.1, 0.15) is 11.1 Å². The minimum Gasteiger partial charge on any atom is -0.480 e. The molecule has 0 spiro atoms. The summed E-state index contributed by atoms with van der Waals surface area (Å²) in [7, 11) is 0. The molecule has 1 aromatic carbocycles. The summed E-state index contributed by atoms with van der Waals surface area (Å²) in [4.78, 5) is 22.7. The van der Waals surface area contributed by atoms with Gasteiger partial charge in [0.1, 0.15) is 6.04 Å². The van der Waals surface area contributed by atoms with Gasteiger partial charge < -0.3 is 20.9 Å². The van der Waals surface area contributed by atoms with Gasteiger partial charge in [0, 0.05) is 23.5 Å². The zero-order chi connectivity index (χ0) is 17.8. The highest BCUT2D eigenvalue weighted by Gasteiger charge is 2.38. The van der Waals surface area contributed by atoms with Gasteiger partial charge in [-0.15, -0.1) is 0 Å². The summed E-state index contributed by atoms with van der Waals surface area (Å²) in [5, 5.41) is 16.9. The lowest BCUT2D eigenvalue weighted by atomic mass is 10.0. The molecule has 0 saturated heterocycles. The lowest BCUT2D eigenvalue weighted by molar-refractivity contribution is -0.192. The number of hydrogen-bond donors (Lipinski definition) is 4. The number of aromatic nitrogens is 1. The summed E-state index contributed by atoms with van der Waals surface area (Å²) in [5.74, 6) is -3.73. The van der Waals surface area contributed by atoms with E-state index in [1.807, 2.05) is 31.3 Å². The number of carboxylic acids is 2. The van der Waals surface area contributed by atoms with E-state index in [4.69, 9.17) is 20.7 Å². The summed E-state index contributed by atoms with van der Waals surface area (Å²) >= 11 is 0. The molecule has 6 nitrogen and oxygen atoms in total. The molecule has 0 aliphatic heterocycles. The average Bonchev–Trinajstić information content (AvgIpc) is 2.80. The molecule has 5 N–H and O–H groups in total. The third-order valence-corrected chi connectivity index (χ3v) is 2.92. The molecule has 0 amide bonds. The maximum Gasteiger partial charge on any atom is 0.490 e. The van der Waals surface area contributed by atoms with E-state index < -0.39 is 24.2 Å². The highest BCUT2D eigenvalue weighted by Crippen LogP contribution is 2.20. The fraction of sp³-hybridized carbons (Fsp3) is 0.286. The number of benzene rings is 1. The summed E-state index contributed by atoms with van der Waals surface area (Å²) in [6, 6.07) is 5.19. The fourth-order valence-corrected chi connectivity index (χ4v) is 1.79. The van der Waals surface area contributed by atoms with Crippen molar-refractivity contribution in [3.05, 3.63) is 35.5 Å². The van der Waals surface area contributed by atoms with Gasteiger partial charge in [-0.2, -0.15) is 13.2 Å². The van der Waals surface area contributed by atoms with Gasteiger partial charge in [0.2, 0.25) is 0 Å². The Kier molecular flexibility index (Phi) is 5.74. The van der Waals surface area contributed by atoms with Crippen LogP contribution in [0, 0.1) is 6.92 Å². The van der Waals surface area contributed by atoms with Crippen LogP contribution in [0.5, 0.6) is 0 Å². The standard InChI is InChI=1S/C12H14N2O2.C2HF3O2/c1-7-2-3-11-9(4-7)8(6-14-11)5-10(13)12(15)16;3-2(4,5)1(6)7/h2-4,6,10,14H,5,13H2,1H3,(H,15,16);(H,6,7)/t10-;/m0./s1. The summed E-state index contributed by atoms with van der Waals surface area (Å²) < 4.78 is 31.7. The average molecular weight is 332 g/mol. The fourth-order valence-electron chi connectivity index (χ4n) is 1.79. The highest BCUT2D eigenvalue weighted by molar-refractivity contribution is 5.85. The van der Waals surface area contributed by atoms with Crippen LogP contribution < -0.4 is 5.73 Å². The van der Waals surface area contributed by atoms with Crippen LogP contribution in [-0.4, -0.2) is 39.4 Å².